The largest absolute Gasteiger partial charge is 0.379 e. The second-order valence-electron chi connectivity index (χ2n) is 3.87. The Hall–Kier alpha value is -0.800. The molecule has 0 radical (unpaired) electrons. The molecule has 78 valence electrons. The van der Waals surface area contributed by atoms with E-state index in [1.807, 2.05) is 0 Å². The lowest BCUT2D eigenvalue weighted by atomic mass is 10.2. The van der Waals surface area contributed by atoms with Crippen LogP contribution in [-0.4, -0.2) is 35.8 Å². The van der Waals surface area contributed by atoms with E-state index in [0.717, 1.165) is 26.3 Å². The molecule has 0 N–H and O–H groups in total. The van der Waals surface area contributed by atoms with Gasteiger partial charge in [-0.05, 0) is 19.1 Å². The predicted molar refractivity (Wildman–Crippen MR) is 56.2 cm³/mol. The molecule has 1 aromatic rings. The van der Waals surface area contributed by atoms with Gasteiger partial charge in [0.15, 0.2) is 0 Å². The third-order valence-electron chi connectivity index (χ3n) is 3.01. The summed E-state index contributed by atoms with van der Waals surface area (Å²) < 4.78 is 7.54. The van der Waals surface area contributed by atoms with Crippen LogP contribution in [0, 0.1) is 0 Å². The van der Waals surface area contributed by atoms with E-state index < -0.39 is 0 Å². The zero-order valence-electron chi connectivity index (χ0n) is 8.94. The summed E-state index contributed by atoms with van der Waals surface area (Å²) in [4.78, 5) is 2.47. The van der Waals surface area contributed by atoms with Crippen LogP contribution >= 0.6 is 0 Å². The Morgan fingerprint density at radius 3 is 2.64 bits per heavy atom. The molecule has 0 aromatic carbocycles. The fourth-order valence-corrected chi connectivity index (χ4v) is 2.06. The van der Waals surface area contributed by atoms with Gasteiger partial charge in [0.05, 0.1) is 13.2 Å². The topological polar surface area (TPSA) is 17.4 Å². The zero-order valence-corrected chi connectivity index (χ0v) is 8.94. The number of ether oxygens (including phenoxy) is 1. The van der Waals surface area contributed by atoms with E-state index in [1.54, 1.807) is 0 Å². The van der Waals surface area contributed by atoms with Crippen LogP contribution < -0.4 is 0 Å². The van der Waals surface area contributed by atoms with Crippen LogP contribution in [0.2, 0.25) is 0 Å². The lowest BCUT2D eigenvalue weighted by Crippen LogP contribution is -2.38. The molecule has 2 rings (SSSR count). The molecule has 0 aliphatic carbocycles. The Kier molecular flexibility index (Phi) is 2.89. The van der Waals surface area contributed by atoms with Crippen LogP contribution in [0.3, 0.4) is 0 Å². The summed E-state index contributed by atoms with van der Waals surface area (Å²) in [6.07, 6.45) is 2.10. The first kappa shape index (κ1) is 9.74. The molecule has 1 fully saturated rings. The molecular weight excluding hydrogens is 176 g/mol. The molecule has 0 spiro atoms. The minimum Gasteiger partial charge on any atom is -0.379 e. The Bertz CT molecular complexity index is 289. The molecule has 1 aromatic heterocycles. The fourth-order valence-electron chi connectivity index (χ4n) is 2.06. The van der Waals surface area contributed by atoms with Gasteiger partial charge in [-0.25, -0.2) is 0 Å². The van der Waals surface area contributed by atoms with Crippen molar-refractivity contribution in [3.8, 4) is 0 Å². The van der Waals surface area contributed by atoms with Crippen LogP contribution in [-0.2, 0) is 11.8 Å². The average Bonchev–Trinajstić information content (AvgIpc) is 2.65. The van der Waals surface area contributed by atoms with Gasteiger partial charge < -0.3 is 9.30 Å². The second kappa shape index (κ2) is 4.15. The Morgan fingerprint density at radius 1 is 1.36 bits per heavy atom. The number of aryl methyl sites for hydroxylation is 1. The first-order valence-electron chi connectivity index (χ1n) is 5.22. The maximum atomic E-state index is 5.35. The fraction of sp³-hybridized carbons (Fsp3) is 0.636. The summed E-state index contributed by atoms with van der Waals surface area (Å²) in [6.45, 7) is 6.10. The monoisotopic (exact) mass is 194 g/mol. The zero-order chi connectivity index (χ0) is 9.97. The highest BCUT2D eigenvalue weighted by molar-refractivity contribution is 5.11. The molecule has 3 nitrogen and oxygen atoms in total. The van der Waals surface area contributed by atoms with Gasteiger partial charge in [-0.15, -0.1) is 0 Å². The van der Waals surface area contributed by atoms with E-state index in [0.29, 0.717) is 6.04 Å². The van der Waals surface area contributed by atoms with E-state index in [-0.39, 0.29) is 0 Å². The van der Waals surface area contributed by atoms with Crippen LogP contribution in [0.25, 0.3) is 0 Å². The Labute approximate surface area is 85.3 Å². The first-order chi connectivity index (χ1) is 6.79. The van der Waals surface area contributed by atoms with Crippen molar-refractivity contribution in [1.82, 2.24) is 9.47 Å². The maximum Gasteiger partial charge on any atom is 0.0594 e. The summed E-state index contributed by atoms with van der Waals surface area (Å²) in [6, 6.07) is 4.80. The second-order valence-corrected chi connectivity index (χ2v) is 3.87. The van der Waals surface area contributed by atoms with Crippen molar-refractivity contribution in [2.45, 2.75) is 13.0 Å². The third-order valence-corrected chi connectivity index (χ3v) is 3.01. The first-order valence-corrected chi connectivity index (χ1v) is 5.22. The molecule has 1 saturated heterocycles. The van der Waals surface area contributed by atoms with Crippen molar-refractivity contribution in [3.05, 3.63) is 24.0 Å². The highest BCUT2D eigenvalue weighted by atomic mass is 16.5. The highest BCUT2D eigenvalue weighted by Crippen LogP contribution is 2.20. The highest BCUT2D eigenvalue weighted by Gasteiger charge is 2.19. The quantitative estimate of drug-likeness (QED) is 0.708. The molecule has 0 amide bonds. The molecule has 3 heteroatoms. The summed E-state index contributed by atoms with van der Waals surface area (Å²) in [5.41, 5.74) is 1.38. The SMILES string of the molecule is C[C@H](c1cccn1C)N1CCOCC1. The molecule has 0 bridgehead atoms. The van der Waals surface area contributed by atoms with Crippen molar-refractivity contribution in [1.29, 1.82) is 0 Å². The molecule has 14 heavy (non-hydrogen) atoms. The van der Waals surface area contributed by atoms with Crippen LogP contribution in [0.15, 0.2) is 18.3 Å². The van der Waals surface area contributed by atoms with Crippen LogP contribution in [0.4, 0.5) is 0 Å². The number of nitrogens with zero attached hydrogens (tertiary/aromatic N) is 2. The van der Waals surface area contributed by atoms with Gasteiger partial charge >= 0.3 is 0 Å². The molecule has 1 aliphatic rings. The van der Waals surface area contributed by atoms with E-state index in [1.165, 1.54) is 5.69 Å². The standard InChI is InChI=1S/C11H18N2O/c1-10(11-4-3-5-12(11)2)13-6-8-14-9-7-13/h3-5,10H,6-9H2,1-2H3/t10-/m1/s1. The molecular formula is C11H18N2O. The van der Waals surface area contributed by atoms with E-state index in [4.69, 9.17) is 4.74 Å². The Morgan fingerprint density at radius 2 is 2.07 bits per heavy atom. The Balaban J connectivity index is 2.07. The van der Waals surface area contributed by atoms with Crippen molar-refractivity contribution >= 4 is 0 Å². The van der Waals surface area contributed by atoms with Crippen molar-refractivity contribution in [2.24, 2.45) is 7.05 Å². The summed E-state index contributed by atoms with van der Waals surface area (Å²) >= 11 is 0. The number of rotatable bonds is 2. The lowest BCUT2D eigenvalue weighted by Gasteiger charge is -2.32. The van der Waals surface area contributed by atoms with E-state index in [2.05, 4.69) is 41.8 Å². The van der Waals surface area contributed by atoms with Gasteiger partial charge in [-0.2, -0.15) is 0 Å². The van der Waals surface area contributed by atoms with Crippen LogP contribution in [0.5, 0.6) is 0 Å². The minimum atomic E-state index is 0.499. The molecule has 0 saturated carbocycles. The van der Waals surface area contributed by atoms with Gasteiger partial charge in [-0.3, -0.25) is 4.90 Å². The molecule has 1 aliphatic heterocycles. The van der Waals surface area contributed by atoms with Crippen molar-refractivity contribution < 1.29 is 4.74 Å². The maximum absolute atomic E-state index is 5.35. The number of aromatic nitrogens is 1. The number of morpholine rings is 1. The summed E-state index contributed by atoms with van der Waals surface area (Å²) in [5, 5.41) is 0. The van der Waals surface area contributed by atoms with Gasteiger partial charge in [-0.1, -0.05) is 0 Å². The van der Waals surface area contributed by atoms with Gasteiger partial charge in [0.2, 0.25) is 0 Å². The lowest BCUT2D eigenvalue weighted by molar-refractivity contribution is 0.0185. The normalized spacial score (nSPS) is 21.0. The van der Waals surface area contributed by atoms with Gasteiger partial charge in [0.25, 0.3) is 0 Å². The van der Waals surface area contributed by atoms with E-state index >= 15 is 0 Å². The van der Waals surface area contributed by atoms with Gasteiger partial charge in [0, 0.05) is 38.1 Å². The number of hydrogen-bond donors (Lipinski definition) is 0. The minimum absolute atomic E-state index is 0.499. The van der Waals surface area contributed by atoms with Gasteiger partial charge in [0.1, 0.15) is 0 Å². The van der Waals surface area contributed by atoms with Crippen molar-refractivity contribution in [3.63, 3.8) is 0 Å². The average molecular weight is 194 g/mol. The van der Waals surface area contributed by atoms with E-state index in [9.17, 15) is 0 Å². The van der Waals surface area contributed by atoms with Crippen LogP contribution in [0.1, 0.15) is 18.7 Å². The summed E-state index contributed by atoms with van der Waals surface area (Å²) in [7, 11) is 2.10. The predicted octanol–water partition coefficient (Wildman–Crippen LogP) is 1.42. The molecule has 0 unspecified atom stereocenters. The van der Waals surface area contributed by atoms with Crippen molar-refractivity contribution in [2.75, 3.05) is 26.3 Å². The smallest absolute Gasteiger partial charge is 0.0594 e. The number of hydrogen-bond acceptors (Lipinski definition) is 2. The molecule has 2 heterocycles. The molecule has 1 atom stereocenters. The third kappa shape index (κ3) is 1.83. The summed E-state index contributed by atoms with van der Waals surface area (Å²) in [5.74, 6) is 0.